The van der Waals surface area contributed by atoms with E-state index in [-0.39, 0.29) is 21.7 Å². The normalized spacial score (nSPS) is 11.0. The summed E-state index contributed by atoms with van der Waals surface area (Å²) in [4.78, 5) is 18.1. The number of aromatic nitrogens is 1. The standard InChI is InChI=1S/C22H21BN4O3S2/c1-14-12-15(2)24-20(13-14)26-32(29,30)19-10-8-18(9-11-19)25-22(31)27(3)21(28)16-4-6-17(23)7-5-16/h4-13H,1-3H3,(H,24,26)(H,25,31). The molecule has 7 nitrogen and oxygen atoms in total. The minimum atomic E-state index is -3.81. The van der Waals surface area contributed by atoms with E-state index in [1.807, 2.05) is 13.0 Å². The van der Waals surface area contributed by atoms with Crippen molar-refractivity contribution in [2.24, 2.45) is 0 Å². The zero-order valence-corrected chi connectivity index (χ0v) is 19.4. The van der Waals surface area contributed by atoms with Crippen LogP contribution in [-0.2, 0) is 10.0 Å². The van der Waals surface area contributed by atoms with Gasteiger partial charge in [0, 0.05) is 24.0 Å². The quantitative estimate of drug-likeness (QED) is 0.446. The SMILES string of the molecule is [B]c1ccc(C(=O)N(C)C(=S)Nc2ccc(S(=O)(=O)Nc3cc(C)cc(C)n3)cc2)cc1. The van der Waals surface area contributed by atoms with E-state index in [9.17, 15) is 13.2 Å². The van der Waals surface area contributed by atoms with Crippen LogP contribution in [0.1, 0.15) is 21.6 Å². The Morgan fingerprint density at radius 2 is 1.66 bits per heavy atom. The second-order valence-electron chi connectivity index (χ2n) is 7.22. The number of benzene rings is 2. The van der Waals surface area contributed by atoms with E-state index in [0.717, 1.165) is 5.56 Å². The first-order valence-electron chi connectivity index (χ1n) is 9.58. The number of nitrogens with zero attached hydrogens (tertiary/aromatic N) is 2. The van der Waals surface area contributed by atoms with E-state index in [0.29, 0.717) is 22.4 Å². The van der Waals surface area contributed by atoms with Crippen LogP contribution < -0.4 is 15.5 Å². The molecule has 32 heavy (non-hydrogen) atoms. The number of carbonyl (C=O) groups is 1. The summed E-state index contributed by atoms with van der Waals surface area (Å²) in [6.45, 7) is 3.66. The van der Waals surface area contributed by atoms with E-state index in [1.165, 1.54) is 17.0 Å². The van der Waals surface area contributed by atoms with E-state index in [2.05, 4.69) is 15.0 Å². The summed E-state index contributed by atoms with van der Waals surface area (Å²) in [5.74, 6) is -0.0412. The number of amides is 1. The van der Waals surface area contributed by atoms with Crippen molar-refractivity contribution in [1.29, 1.82) is 0 Å². The Labute approximate surface area is 194 Å². The number of hydrogen-bond acceptors (Lipinski definition) is 5. The fourth-order valence-electron chi connectivity index (χ4n) is 2.93. The molecule has 0 saturated carbocycles. The number of anilines is 2. The molecule has 0 spiro atoms. The zero-order valence-electron chi connectivity index (χ0n) is 17.8. The molecule has 0 saturated heterocycles. The minimum absolute atomic E-state index is 0.0706. The molecule has 0 aliphatic carbocycles. The molecule has 2 N–H and O–H groups in total. The van der Waals surface area contributed by atoms with Gasteiger partial charge in [0.2, 0.25) is 0 Å². The van der Waals surface area contributed by atoms with Gasteiger partial charge >= 0.3 is 0 Å². The van der Waals surface area contributed by atoms with Crippen LogP contribution >= 0.6 is 12.2 Å². The number of carbonyl (C=O) groups excluding carboxylic acids is 1. The van der Waals surface area contributed by atoms with E-state index in [4.69, 9.17) is 20.1 Å². The van der Waals surface area contributed by atoms with E-state index < -0.39 is 10.0 Å². The Bertz CT molecular complexity index is 1240. The Morgan fingerprint density at radius 3 is 2.25 bits per heavy atom. The summed E-state index contributed by atoms with van der Waals surface area (Å²) >= 11 is 5.31. The summed E-state index contributed by atoms with van der Waals surface area (Å²) < 4.78 is 27.8. The molecular weight excluding hydrogens is 443 g/mol. The Morgan fingerprint density at radius 1 is 1.03 bits per heavy atom. The van der Waals surface area contributed by atoms with Crippen LogP contribution in [0.2, 0.25) is 0 Å². The van der Waals surface area contributed by atoms with Crippen LogP contribution in [0.4, 0.5) is 11.5 Å². The third-order valence-electron chi connectivity index (χ3n) is 4.52. The van der Waals surface area contributed by atoms with Gasteiger partial charge in [-0.05, 0) is 68.0 Å². The Kier molecular flexibility index (Phi) is 6.95. The van der Waals surface area contributed by atoms with Gasteiger partial charge in [-0.15, -0.1) is 0 Å². The summed E-state index contributed by atoms with van der Waals surface area (Å²) in [5, 5.41) is 3.10. The fraction of sp³-hybridized carbons (Fsp3) is 0.136. The van der Waals surface area contributed by atoms with Gasteiger partial charge in [-0.25, -0.2) is 13.4 Å². The van der Waals surface area contributed by atoms with E-state index >= 15 is 0 Å². The molecule has 3 aromatic rings. The van der Waals surface area contributed by atoms with Gasteiger partial charge in [0.15, 0.2) is 5.11 Å². The predicted molar refractivity (Wildman–Crippen MR) is 131 cm³/mol. The molecule has 0 aliphatic rings. The summed E-state index contributed by atoms with van der Waals surface area (Å²) in [6.07, 6.45) is 0. The second-order valence-corrected chi connectivity index (χ2v) is 9.29. The van der Waals surface area contributed by atoms with Crippen molar-refractivity contribution < 1.29 is 13.2 Å². The third kappa shape index (κ3) is 5.71. The topological polar surface area (TPSA) is 91.4 Å². The van der Waals surface area contributed by atoms with Crippen molar-refractivity contribution >= 4 is 58.1 Å². The van der Waals surface area contributed by atoms with Crippen molar-refractivity contribution in [3.63, 3.8) is 0 Å². The Hall–Kier alpha value is -3.24. The monoisotopic (exact) mass is 464 g/mol. The maximum absolute atomic E-state index is 12.7. The first-order chi connectivity index (χ1) is 15.0. The molecule has 0 unspecified atom stereocenters. The van der Waals surface area contributed by atoms with Crippen molar-refractivity contribution in [2.45, 2.75) is 18.7 Å². The molecule has 0 fully saturated rings. The lowest BCUT2D eigenvalue weighted by atomic mass is 9.95. The number of rotatable bonds is 5. The van der Waals surface area contributed by atoms with Crippen LogP contribution in [-0.4, -0.2) is 44.2 Å². The van der Waals surface area contributed by atoms with Crippen molar-refractivity contribution in [3.8, 4) is 0 Å². The van der Waals surface area contributed by atoms with Gasteiger partial charge in [0.1, 0.15) is 13.7 Å². The summed E-state index contributed by atoms with van der Waals surface area (Å²) in [7, 11) is 3.39. The number of pyridine rings is 1. The molecule has 0 bridgehead atoms. The lowest BCUT2D eigenvalue weighted by molar-refractivity contribution is 0.0873. The first kappa shape index (κ1) is 23.4. The average Bonchev–Trinajstić information content (AvgIpc) is 2.72. The van der Waals surface area contributed by atoms with E-state index in [1.54, 1.807) is 56.4 Å². The lowest BCUT2D eigenvalue weighted by Crippen LogP contribution is -2.36. The molecule has 2 radical (unpaired) electrons. The summed E-state index contributed by atoms with van der Waals surface area (Å²) in [5.41, 5.74) is 3.16. The highest BCUT2D eigenvalue weighted by molar-refractivity contribution is 7.92. The molecule has 1 amide bonds. The number of thiocarbonyl (C=S) groups is 1. The maximum Gasteiger partial charge on any atom is 0.263 e. The number of hydrogen-bond donors (Lipinski definition) is 2. The first-order valence-corrected chi connectivity index (χ1v) is 11.5. The van der Waals surface area contributed by atoms with Crippen LogP contribution in [0, 0.1) is 13.8 Å². The van der Waals surface area contributed by atoms with Gasteiger partial charge in [0.25, 0.3) is 15.9 Å². The van der Waals surface area contributed by atoms with Crippen molar-refractivity contribution in [3.05, 3.63) is 77.5 Å². The van der Waals surface area contributed by atoms with Crippen LogP contribution in [0.3, 0.4) is 0 Å². The van der Waals surface area contributed by atoms with Gasteiger partial charge < -0.3 is 5.32 Å². The highest BCUT2D eigenvalue weighted by Gasteiger charge is 2.18. The molecule has 162 valence electrons. The number of sulfonamides is 1. The highest BCUT2D eigenvalue weighted by atomic mass is 32.2. The third-order valence-corrected chi connectivity index (χ3v) is 6.27. The molecule has 1 aromatic heterocycles. The van der Waals surface area contributed by atoms with Gasteiger partial charge in [0.05, 0.1) is 4.90 Å². The fourth-order valence-corrected chi connectivity index (χ4v) is 4.12. The molecular formula is C22H21BN4O3S2. The average molecular weight is 464 g/mol. The molecule has 1 heterocycles. The number of aryl methyl sites for hydroxylation is 2. The Balaban J connectivity index is 1.68. The molecule has 0 atom stereocenters. The van der Waals surface area contributed by atoms with Crippen molar-refractivity contribution in [1.82, 2.24) is 9.88 Å². The zero-order chi connectivity index (χ0) is 23.5. The molecule has 3 rings (SSSR count). The largest absolute Gasteiger partial charge is 0.332 e. The van der Waals surface area contributed by atoms with Gasteiger partial charge in [-0.1, -0.05) is 29.7 Å². The van der Waals surface area contributed by atoms with Crippen LogP contribution in [0.25, 0.3) is 0 Å². The lowest BCUT2D eigenvalue weighted by Gasteiger charge is -2.19. The smallest absolute Gasteiger partial charge is 0.263 e. The van der Waals surface area contributed by atoms with Crippen LogP contribution in [0.5, 0.6) is 0 Å². The van der Waals surface area contributed by atoms with Crippen molar-refractivity contribution in [2.75, 3.05) is 17.1 Å². The van der Waals surface area contributed by atoms with Crippen LogP contribution in [0.15, 0.2) is 65.6 Å². The van der Waals surface area contributed by atoms with Gasteiger partial charge in [-0.2, -0.15) is 0 Å². The minimum Gasteiger partial charge on any atom is -0.332 e. The maximum atomic E-state index is 12.7. The number of nitrogens with one attached hydrogen (secondary N) is 2. The molecule has 0 aliphatic heterocycles. The highest BCUT2D eigenvalue weighted by Crippen LogP contribution is 2.19. The molecule has 10 heteroatoms. The predicted octanol–water partition coefficient (Wildman–Crippen LogP) is 2.76. The second kappa shape index (κ2) is 9.50. The van der Waals surface area contributed by atoms with Gasteiger partial charge in [-0.3, -0.25) is 14.4 Å². The summed E-state index contributed by atoms with van der Waals surface area (Å²) in [6, 6.07) is 16.0. The molecule has 2 aromatic carbocycles.